The SMILES string of the molecule is CCC(NC)c1ncnc2[nH]c(-c3ccc(CN4CCN(C)CC4)cc3)cc12. The van der Waals surface area contributed by atoms with Crippen LogP contribution >= 0.6 is 0 Å². The highest BCUT2D eigenvalue weighted by Gasteiger charge is 2.16. The standard InChI is InChI=1S/C22H30N6/c1-4-19(23-2)21-18-13-20(26-22(18)25-15-24-21)17-7-5-16(6-8-17)14-28-11-9-27(3)10-12-28/h5-8,13,15,19,23H,4,9-12,14H2,1-3H3,(H,24,25,26). The summed E-state index contributed by atoms with van der Waals surface area (Å²) in [6.07, 6.45) is 2.64. The first-order valence-corrected chi connectivity index (χ1v) is 10.2. The molecule has 0 bridgehead atoms. The second kappa shape index (κ2) is 8.39. The van der Waals surface area contributed by atoms with E-state index in [0.717, 1.165) is 61.6 Å². The van der Waals surface area contributed by atoms with E-state index < -0.39 is 0 Å². The maximum atomic E-state index is 4.54. The fraction of sp³-hybridized carbons (Fsp3) is 0.455. The van der Waals surface area contributed by atoms with Crippen LogP contribution in [0.5, 0.6) is 0 Å². The number of likely N-dealkylation sites (N-methyl/N-ethyl adjacent to an activating group) is 1. The Morgan fingerprint density at radius 1 is 1.11 bits per heavy atom. The lowest BCUT2D eigenvalue weighted by Gasteiger charge is -2.32. The van der Waals surface area contributed by atoms with E-state index in [0.29, 0.717) is 0 Å². The number of piperazine rings is 1. The van der Waals surface area contributed by atoms with E-state index in [9.17, 15) is 0 Å². The maximum Gasteiger partial charge on any atom is 0.141 e. The summed E-state index contributed by atoms with van der Waals surface area (Å²) in [5, 5.41) is 4.44. The molecule has 1 aliphatic heterocycles. The number of nitrogens with one attached hydrogen (secondary N) is 2. The molecule has 0 spiro atoms. The van der Waals surface area contributed by atoms with Gasteiger partial charge in [-0.3, -0.25) is 4.90 Å². The van der Waals surface area contributed by atoms with Gasteiger partial charge in [0.1, 0.15) is 12.0 Å². The Labute approximate surface area is 167 Å². The number of aromatic nitrogens is 3. The Bertz CT molecular complexity index is 904. The molecule has 6 heteroatoms. The number of rotatable bonds is 6. The van der Waals surface area contributed by atoms with Gasteiger partial charge in [-0.05, 0) is 37.7 Å². The number of H-pyrrole nitrogens is 1. The van der Waals surface area contributed by atoms with E-state index in [-0.39, 0.29) is 6.04 Å². The summed E-state index contributed by atoms with van der Waals surface area (Å²) < 4.78 is 0. The zero-order chi connectivity index (χ0) is 19.5. The number of benzene rings is 1. The first-order chi connectivity index (χ1) is 13.7. The smallest absolute Gasteiger partial charge is 0.141 e. The molecule has 0 amide bonds. The molecule has 0 radical (unpaired) electrons. The summed E-state index contributed by atoms with van der Waals surface area (Å²) >= 11 is 0. The van der Waals surface area contributed by atoms with E-state index in [4.69, 9.17) is 0 Å². The van der Waals surface area contributed by atoms with Gasteiger partial charge >= 0.3 is 0 Å². The molecule has 0 aliphatic carbocycles. The fourth-order valence-corrected chi connectivity index (χ4v) is 3.98. The third-order valence-corrected chi connectivity index (χ3v) is 5.81. The third kappa shape index (κ3) is 3.94. The van der Waals surface area contributed by atoms with Crippen molar-refractivity contribution in [1.82, 2.24) is 30.1 Å². The van der Waals surface area contributed by atoms with Gasteiger partial charge in [0, 0.05) is 49.8 Å². The Hall–Kier alpha value is -2.28. The van der Waals surface area contributed by atoms with Crippen LogP contribution in [0.4, 0.5) is 0 Å². The minimum Gasteiger partial charge on any atom is -0.339 e. The van der Waals surface area contributed by atoms with Crippen LogP contribution in [-0.4, -0.2) is 65.0 Å². The summed E-state index contributed by atoms with van der Waals surface area (Å²) in [6.45, 7) is 7.79. The Morgan fingerprint density at radius 2 is 1.86 bits per heavy atom. The molecule has 1 aliphatic rings. The molecule has 1 unspecified atom stereocenters. The largest absolute Gasteiger partial charge is 0.339 e. The van der Waals surface area contributed by atoms with Gasteiger partial charge in [-0.15, -0.1) is 0 Å². The first kappa shape index (κ1) is 19.1. The molecule has 0 saturated carbocycles. The molecular formula is C22H30N6. The summed E-state index contributed by atoms with van der Waals surface area (Å²) in [5.74, 6) is 0. The van der Waals surface area contributed by atoms with E-state index in [2.05, 4.69) is 74.4 Å². The molecule has 1 fully saturated rings. The number of nitrogens with zero attached hydrogens (tertiary/aromatic N) is 4. The Kier molecular flexibility index (Phi) is 5.71. The molecule has 4 rings (SSSR count). The van der Waals surface area contributed by atoms with Gasteiger partial charge in [0.05, 0.1) is 5.69 Å². The first-order valence-electron chi connectivity index (χ1n) is 10.2. The molecule has 3 aromatic rings. The van der Waals surface area contributed by atoms with Gasteiger partial charge in [-0.2, -0.15) is 0 Å². The van der Waals surface area contributed by atoms with Crippen molar-refractivity contribution in [2.45, 2.75) is 25.9 Å². The lowest BCUT2D eigenvalue weighted by molar-refractivity contribution is 0.148. The van der Waals surface area contributed by atoms with Crippen molar-refractivity contribution >= 4 is 11.0 Å². The zero-order valence-electron chi connectivity index (χ0n) is 17.1. The van der Waals surface area contributed by atoms with Crippen LogP contribution in [0, 0.1) is 0 Å². The minimum absolute atomic E-state index is 0.236. The van der Waals surface area contributed by atoms with Crippen LogP contribution in [0.15, 0.2) is 36.7 Å². The average molecular weight is 379 g/mol. The van der Waals surface area contributed by atoms with Gasteiger partial charge in [0.2, 0.25) is 0 Å². The summed E-state index contributed by atoms with van der Waals surface area (Å²) in [7, 11) is 4.18. The van der Waals surface area contributed by atoms with E-state index >= 15 is 0 Å². The normalized spacial score (nSPS) is 17.2. The summed E-state index contributed by atoms with van der Waals surface area (Å²) in [6, 6.07) is 11.3. The summed E-state index contributed by atoms with van der Waals surface area (Å²) in [5.41, 5.74) is 5.60. The quantitative estimate of drug-likeness (QED) is 0.690. The second-order valence-corrected chi connectivity index (χ2v) is 7.73. The van der Waals surface area contributed by atoms with E-state index in [1.165, 1.54) is 11.1 Å². The molecule has 6 nitrogen and oxygen atoms in total. The molecule has 1 aromatic carbocycles. The molecular weight excluding hydrogens is 348 g/mol. The predicted molar refractivity (Wildman–Crippen MR) is 114 cm³/mol. The highest BCUT2D eigenvalue weighted by molar-refractivity contribution is 5.85. The minimum atomic E-state index is 0.236. The Balaban J connectivity index is 1.54. The molecule has 148 valence electrons. The van der Waals surface area contributed by atoms with Gasteiger partial charge in [0.25, 0.3) is 0 Å². The van der Waals surface area contributed by atoms with Crippen LogP contribution < -0.4 is 5.32 Å². The summed E-state index contributed by atoms with van der Waals surface area (Å²) in [4.78, 5) is 17.4. The second-order valence-electron chi connectivity index (χ2n) is 7.73. The molecule has 28 heavy (non-hydrogen) atoms. The number of hydrogen-bond donors (Lipinski definition) is 2. The fourth-order valence-electron chi connectivity index (χ4n) is 3.98. The van der Waals surface area contributed by atoms with Crippen molar-refractivity contribution in [3.8, 4) is 11.3 Å². The topological polar surface area (TPSA) is 60.1 Å². The van der Waals surface area contributed by atoms with Gasteiger partial charge < -0.3 is 15.2 Å². The monoisotopic (exact) mass is 378 g/mol. The Morgan fingerprint density at radius 3 is 2.54 bits per heavy atom. The number of hydrogen-bond acceptors (Lipinski definition) is 5. The van der Waals surface area contributed by atoms with E-state index in [1.807, 2.05) is 7.05 Å². The predicted octanol–water partition coefficient (Wildman–Crippen LogP) is 3.04. The van der Waals surface area contributed by atoms with Gasteiger partial charge in [0.15, 0.2) is 0 Å². The molecule has 1 saturated heterocycles. The molecule has 2 N–H and O–H groups in total. The lowest BCUT2D eigenvalue weighted by atomic mass is 10.1. The van der Waals surface area contributed by atoms with E-state index in [1.54, 1.807) is 6.33 Å². The third-order valence-electron chi connectivity index (χ3n) is 5.81. The van der Waals surface area contributed by atoms with Crippen molar-refractivity contribution in [1.29, 1.82) is 0 Å². The van der Waals surface area contributed by atoms with Crippen molar-refractivity contribution in [2.75, 3.05) is 40.3 Å². The average Bonchev–Trinajstić information content (AvgIpc) is 3.16. The van der Waals surface area contributed by atoms with Gasteiger partial charge in [-0.1, -0.05) is 31.2 Å². The van der Waals surface area contributed by atoms with Crippen molar-refractivity contribution < 1.29 is 0 Å². The molecule has 1 atom stereocenters. The van der Waals surface area contributed by atoms with Crippen LogP contribution in [0.3, 0.4) is 0 Å². The molecule has 3 heterocycles. The molecule has 2 aromatic heterocycles. The maximum absolute atomic E-state index is 4.54. The van der Waals surface area contributed by atoms with Gasteiger partial charge in [-0.25, -0.2) is 9.97 Å². The number of aromatic amines is 1. The van der Waals surface area contributed by atoms with Crippen molar-refractivity contribution in [2.24, 2.45) is 0 Å². The zero-order valence-corrected chi connectivity index (χ0v) is 17.1. The highest BCUT2D eigenvalue weighted by Crippen LogP contribution is 2.28. The van der Waals surface area contributed by atoms with Crippen LogP contribution in [0.2, 0.25) is 0 Å². The van der Waals surface area contributed by atoms with Crippen molar-refractivity contribution in [3.05, 3.63) is 47.9 Å². The van der Waals surface area contributed by atoms with Crippen LogP contribution in [0.25, 0.3) is 22.3 Å². The van der Waals surface area contributed by atoms with Crippen molar-refractivity contribution in [3.63, 3.8) is 0 Å². The van der Waals surface area contributed by atoms with Crippen LogP contribution in [-0.2, 0) is 6.54 Å². The lowest BCUT2D eigenvalue weighted by Crippen LogP contribution is -2.43. The number of fused-ring (bicyclic) bond motifs is 1. The van der Waals surface area contributed by atoms with Crippen LogP contribution in [0.1, 0.15) is 30.6 Å². The highest BCUT2D eigenvalue weighted by atomic mass is 15.2.